The molecule has 0 spiro atoms. The average molecular weight is 226 g/mol. The molecular formula is C10H14N2O2S. The summed E-state index contributed by atoms with van der Waals surface area (Å²) in [4.78, 5) is 17.7. The largest absolute Gasteiger partial charge is 0.388 e. The molecule has 1 aromatic rings. The number of aliphatic hydroxyl groups is 1. The minimum Gasteiger partial charge on any atom is -0.388 e. The monoisotopic (exact) mass is 226 g/mol. The van der Waals surface area contributed by atoms with Gasteiger partial charge in [-0.2, -0.15) is 0 Å². The first-order valence-corrected chi connectivity index (χ1v) is 5.80. The minimum absolute atomic E-state index is 0.0721. The number of nitrogens with zero attached hydrogens (tertiary/aromatic N) is 2. The molecule has 0 radical (unpaired) electrons. The predicted octanol–water partition coefficient (Wildman–Crippen LogP) is 1.05. The van der Waals surface area contributed by atoms with Crippen molar-refractivity contribution in [2.45, 2.75) is 25.9 Å². The zero-order valence-corrected chi connectivity index (χ0v) is 9.67. The number of amides is 1. The van der Waals surface area contributed by atoms with E-state index in [0.29, 0.717) is 25.2 Å². The first-order chi connectivity index (χ1) is 6.98. The third kappa shape index (κ3) is 2.18. The molecular weight excluding hydrogens is 212 g/mol. The number of aromatic nitrogens is 1. The van der Waals surface area contributed by atoms with Crippen molar-refractivity contribution < 1.29 is 9.90 Å². The molecule has 5 heteroatoms. The summed E-state index contributed by atoms with van der Waals surface area (Å²) < 4.78 is 0. The summed E-state index contributed by atoms with van der Waals surface area (Å²) in [6.45, 7) is 4.65. The van der Waals surface area contributed by atoms with Crippen LogP contribution < -0.4 is 0 Å². The lowest BCUT2D eigenvalue weighted by Crippen LogP contribution is -2.34. The van der Waals surface area contributed by atoms with Crippen LogP contribution in [-0.4, -0.2) is 39.6 Å². The second kappa shape index (κ2) is 3.57. The van der Waals surface area contributed by atoms with Crippen LogP contribution in [0.1, 0.15) is 28.8 Å². The number of carbonyl (C=O) groups excluding carboxylic acids is 1. The first kappa shape index (κ1) is 10.6. The Kier molecular flexibility index (Phi) is 2.52. The number of β-amino-alcohol motifs (C(OH)–C–C–N with tert-alkyl or cyclic N) is 1. The van der Waals surface area contributed by atoms with Gasteiger partial charge in [0.15, 0.2) is 0 Å². The fourth-order valence-electron chi connectivity index (χ4n) is 1.74. The third-order valence-corrected chi connectivity index (χ3v) is 3.35. The lowest BCUT2D eigenvalue weighted by molar-refractivity contribution is 0.0569. The Morgan fingerprint density at radius 1 is 1.73 bits per heavy atom. The Balaban J connectivity index is 2.10. The molecule has 1 aromatic heterocycles. The molecule has 1 unspecified atom stereocenters. The first-order valence-electron chi connectivity index (χ1n) is 4.92. The van der Waals surface area contributed by atoms with E-state index in [4.69, 9.17) is 0 Å². The number of thiazole rings is 1. The molecule has 1 N–H and O–H groups in total. The van der Waals surface area contributed by atoms with E-state index < -0.39 is 5.60 Å². The summed E-state index contributed by atoms with van der Waals surface area (Å²) in [7, 11) is 0. The van der Waals surface area contributed by atoms with Crippen LogP contribution in [0.15, 0.2) is 5.38 Å². The van der Waals surface area contributed by atoms with Gasteiger partial charge in [0.2, 0.25) is 0 Å². The van der Waals surface area contributed by atoms with E-state index in [1.807, 2.05) is 6.92 Å². The van der Waals surface area contributed by atoms with E-state index in [-0.39, 0.29) is 5.91 Å². The molecule has 0 aliphatic carbocycles. The molecule has 82 valence electrons. The Morgan fingerprint density at radius 3 is 2.93 bits per heavy atom. The van der Waals surface area contributed by atoms with Crippen LogP contribution in [0.3, 0.4) is 0 Å². The minimum atomic E-state index is -0.735. The van der Waals surface area contributed by atoms with Crippen molar-refractivity contribution in [3.63, 3.8) is 0 Å². The van der Waals surface area contributed by atoms with Crippen molar-refractivity contribution in [3.8, 4) is 0 Å². The molecule has 0 aromatic carbocycles. The Labute approximate surface area is 92.6 Å². The fraction of sp³-hybridized carbons (Fsp3) is 0.600. The van der Waals surface area contributed by atoms with Crippen molar-refractivity contribution >= 4 is 17.2 Å². The van der Waals surface area contributed by atoms with Crippen LogP contribution in [0.4, 0.5) is 0 Å². The molecule has 1 saturated heterocycles. The van der Waals surface area contributed by atoms with E-state index in [2.05, 4.69) is 4.98 Å². The Bertz CT molecular complexity index is 387. The summed E-state index contributed by atoms with van der Waals surface area (Å²) in [5.74, 6) is -0.0721. The van der Waals surface area contributed by atoms with Crippen molar-refractivity contribution in [2.24, 2.45) is 0 Å². The van der Waals surface area contributed by atoms with Gasteiger partial charge in [-0.1, -0.05) is 0 Å². The molecule has 0 bridgehead atoms. The maximum absolute atomic E-state index is 11.9. The van der Waals surface area contributed by atoms with E-state index >= 15 is 0 Å². The van der Waals surface area contributed by atoms with Crippen molar-refractivity contribution in [1.29, 1.82) is 0 Å². The highest BCUT2D eigenvalue weighted by atomic mass is 32.1. The van der Waals surface area contributed by atoms with Crippen LogP contribution in [0.2, 0.25) is 0 Å². The number of rotatable bonds is 1. The molecule has 1 fully saturated rings. The molecule has 2 rings (SSSR count). The molecule has 2 heterocycles. The van der Waals surface area contributed by atoms with Gasteiger partial charge in [-0.25, -0.2) is 4.98 Å². The summed E-state index contributed by atoms with van der Waals surface area (Å²) in [5, 5.41) is 12.4. The topological polar surface area (TPSA) is 53.4 Å². The number of hydrogen-bond donors (Lipinski definition) is 1. The van der Waals surface area contributed by atoms with Gasteiger partial charge < -0.3 is 10.0 Å². The van der Waals surface area contributed by atoms with Crippen molar-refractivity contribution in [3.05, 3.63) is 16.1 Å². The zero-order chi connectivity index (χ0) is 11.1. The molecule has 15 heavy (non-hydrogen) atoms. The molecule has 0 saturated carbocycles. The van der Waals surface area contributed by atoms with Gasteiger partial charge >= 0.3 is 0 Å². The van der Waals surface area contributed by atoms with Gasteiger partial charge in [0.25, 0.3) is 5.91 Å². The van der Waals surface area contributed by atoms with Crippen LogP contribution in [0.5, 0.6) is 0 Å². The van der Waals surface area contributed by atoms with Crippen molar-refractivity contribution in [2.75, 3.05) is 13.1 Å². The Morgan fingerprint density at radius 2 is 2.47 bits per heavy atom. The normalized spacial score (nSPS) is 25.9. The molecule has 4 nitrogen and oxygen atoms in total. The van der Waals surface area contributed by atoms with E-state index in [1.54, 1.807) is 17.2 Å². The van der Waals surface area contributed by atoms with Crippen LogP contribution in [0, 0.1) is 6.92 Å². The standard InChI is InChI=1S/C10H14N2O2S/c1-7-11-8(5-15-7)9(13)12-4-3-10(2,14)6-12/h5,14H,3-4,6H2,1-2H3. The van der Waals surface area contributed by atoms with Gasteiger partial charge in [0.1, 0.15) is 5.69 Å². The summed E-state index contributed by atoms with van der Waals surface area (Å²) >= 11 is 1.47. The number of likely N-dealkylation sites (tertiary alicyclic amines) is 1. The molecule has 1 aliphatic heterocycles. The van der Waals surface area contributed by atoms with Gasteiger partial charge in [0.05, 0.1) is 10.6 Å². The highest BCUT2D eigenvalue weighted by molar-refractivity contribution is 7.09. The van der Waals surface area contributed by atoms with Gasteiger partial charge in [-0.3, -0.25) is 4.79 Å². The summed E-state index contributed by atoms with van der Waals surface area (Å²) in [5.41, 5.74) is -0.240. The highest BCUT2D eigenvalue weighted by Gasteiger charge is 2.34. The number of hydrogen-bond acceptors (Lipinski definition) is 4. The second-order valence-corrected chi connectivity index (χ2v) is 5.29. The van der Waals surface area contributed by atoms with Gasteiger partial charge in [0, 0.05) is 18.5 Å². The predicted molar refractivity (Wildman–Crippen MR) is 58.0 cm³/mol. The van der Waals surface area contributed by atoms with Crippen molar-refractivity contribution in [1.82, 2.24) is 9.88 Å². The third-order valence-electron chi connectivity index (χ3n) is 2.58. The lowest BCUT2D eigenvalue weighted by atomic mass is 10.1. The summed E-state index contributed by atoms with van der Waals surface area (Å²) in [6.07, 6.45) is 0.641. The molecule has 1 atom stereocenters. The lowest BCUT2D eigenvalue weighted by Gasteiger charge is -2.17. The Hall–Kier alpha value is -0.940. The van der Waals surface area contributed by atoms with Crippen LogP contribution in [0.25, 0.3) is 0 Å². The SMILES string of the molecule is Cc1nc(C(=O)N2CCC(C)(O)C2)cs1. The zero-order valence-electron chi connectivity index (χ0n) is 8.86. The fourth-order valence-corrected chi connectivity index (χ4v) is 2.33. The highest BCUT2D eigenvalue weighted by Crippen LogP contribution is 2.22. The van der Waals surface area contributed by atoms with Crippen LogP contribution in [-0.2, 0) is 0 Å². The van der Waals surface area contributed by atoms with Gasteiger partial charge in [-0.05, 0) is 20.3 Å². The number of carbonyl (C=O) groups is 1. The van der Waals surface area contributed by atoms with E-state index in [0.717, 1.165) is 5.01 Å². The van der Waals surface area contributed by atoms with E-state index in [1.165, 1.54) is 11.3 Å². The summed E-state index contributed by atoms with van der Waals surface area (Å²) in [6, 6.07) is 0. The molecule has 1 aliphatic rings. The van der Waals surface area contributed by atoms with Crippen LogP contribution >= 0.6 is 11.3 Å². The second-order valence-electron chi connectivity index (χ2n) is 4.23. The average Bonchev–Trinajstić information content (AvgIpc) is 2.71. The number of aryl methyl sites for hydroxylation is 1. The smallest absolute Gasteiger partial charge is 0.273 e. The maximum atomic E-state index is 11.9. The quantitative estimate of drug-likeness (QED) is 0.778. The molecule has 1 amide bonds. The van der Waals surface area contributed by atoms with E-state index in [9.17, 15) is 9.90 Å². The van der Waals surface area contributed by atoms with Gasteiger partial charge in [-0.15, -0.1) is 11.3 Å². The maximum Gasteiger partial charge on any atom is 0.273 e.